The summed E-state index contributed by atoms with van der Waals surface area (Å²) in [6, 6.07) is -3.12. The second-order valence-electron chi connectivity index (χ2n) is 5.13. The molecule has 0 fully saturated rings. The molecule has 0 spiro atoms. The highest BCUT2D eigenvalue weighted by Crippen LogP contribution is 2.11. The molecular weight excluding hydrogens is 338 g/mol. The van der Waals surface area contributed by atoms with E-state index in [2.05, 4.69) is 5.32 Å². The number of carboxylic acids is 2. The number of nitrogens with zero attached hydrogens (tertiary/aromatic N) is 2. The summed E-state index contributed by atoms with van der Waals surface area (Å²) < 4.78 is 0. The Morgan fingerprint density at radius 2 is 1.04 bits per heavy atom. The summed E-state index contributed by atoms with van der Waals surface area (Å²) in [6.45, 7) is -0.913. The van der Waals surface area contributed by atoms with E-state index < -0.39 is 60.7 Å². The van der Waals surface area contributed by atoms with Crippen LogP contribution < -0.4 is 5.32 Å². The highest BCUT2D eigenvalue weighted by atomic mass is 16.4. The summed E-state index contributed by atoms with van der Waals surface area (Å²) in [5.74, 6) is -6.16. The van der Waals surface area contributed by atoms with Crippen LogP contribution in [-0.2, 0) is 28.8 Å². The second kappa shape index (κ2) is 7.05. The van der Waals surface area contributed by atoms with Crippen LogP contribution >= 0.6 is 0 Å². The Kier molecular flexibility index (Phi) is 5.08. The van der Waals surface area contributed by atoms with Gasteiger partial charge in [0.2, 0.25) is 0 Å². The van der Waals surface area contributed by atoms with Gasteiger partial charge in [0.1, 0.15) is 12.1 Å². The van der Waals surface area contributed by atoms with E-state index in [1.54, 1.807) is 0 Å². The summed E-state index contributed by atoms with van der Waals surface area (Å²) in [4.78, 5) is 69.8. The first-order chi connectivity index (χ1) is 11.7. The molecule has 11 heteroatoms. The molecule has 2 unspecified atom stereocenters. The lowest BCUT2D eigenvalue weighted by Gasteiger charge is -2.26. The number of carbonyl (C=O) groups excluding carboxylic acids is 4. The number of hydrogen-bond donors (Lipinski definition) is 3. The fourth-order valence-electron chi connectivity index (χ4n) is 2.37. The zero-order valence-electron chi connectivity index (χ0n) is 12.6. The van der Waals surface area contributed by atoms with Crippen LogP contribution in [0.2, 0.25) is 0 Å². The third-order valence-electron chi connectivity index (χ3n) is 3.56. The van der Waals surface area contributed by atoms with Gasteiger partial charge in [-0.05, 0) is 0 Å². The first-order valence-electron chi connectivity index (χ1n) is 7.01. The minimum atomic E-state index is -1.56. The molecule has 11 nitrogen and oxygen atoms in total. The van der Waals surface area contributed by atoms with Crippen LogP contribution in [0.15, 0.2) is 24.3 Å². The molecule has 2 aliphatic rings. The average Bonchev–Trinajstić information content (AvgIpc) is 3.03. The van der Waals surface area contributed by atoms with E-state index in [1.807, 2.05) is 0 Å². The summed E-state index contributed by atoms with van der Waals surface area (Å²) >= 11 is 0. The topological polar surface area (TPSA) is 161 Å². The van der Waals surface area contributed by atoms with Gasteiger partial charge in [0.05, 0.1) is 0 Å². The van der Waals surface area contributed by atoms with Crippen molar-refractivity contribution in [2.75, 3.05) is 13.1 Å². The minimum Gasteiger partial charge on any atom is -0.480 e. The number of carboxylic acid groups (broad SMARTS) is 2. The Morgan fingerprint density at radius 3 is 1.28 bits per heavy atom. The lowest BCUT2D eigenvalue weighted by molar-refractivity contribution is -0.154. The Hall–Kier alpha value is -3.34. The van der Waals surface area contributed by atoms with Crippen molar-refractivity contribution in [3.63, 3.8) is 0 Å². The average molecular weight is 351 g/mol. The summed E-state index contributed by atoms with van der Waals surface area (Å²) in [5, 5.41) is 20.8. The van der Waals surface area contributed by atoms with Crippen molar-refractivity contribution in [1.82, 2.24) is 15.1 Å². The lowest BCUT2D eigenvalue weighted by atomic mass is 10.2. The number of rotatable bonds is 8. The Labute approximate surface area is 140 Å². The van der Waals surface area contributed by atoms with Crippen molar-refractivity contribution < 1.29 is 39.0 Å². The first kappa shape index (κ1) is 18.0. The van der Waals surface area contributed by atoms with Gasteiger partial charge in [0, 0.05) is 37.4 Å². The summed E-state index contributed by atoms with van der Waals surface area (Å²) in [7, 11) is 0. The van der Waals surface area contributed by atoms with Crippen molar-refractivity contribution in [2.24, 2.45) is 0 Å². The summed E-state index contributed by atoms with van der Waals surface area (Å²) in [6.07, 6.45) is 3.69. The third kappa shape index (κ3) is 3.61. The molecule has 2 atom stereocenters. The van der Waals surface area contributed by atoms with Gasteiger partial charge >= 0.3 is 11.9 Å². The van der Waals surface area contributed by atoms with Crippen LogP contribution in [-0.4, -0.2) is 80.8 Å². The predicted molar refractivity (Wildman–Crippen MR) is 77.7 cm³/mol. The van der Waals surface area contributed by atoms with Crippen LogP contribution in [0.1, 0.15) is 0 Å². The number of nitrogens with one attached hydrogen (secondary N) is 1. The molecule has 0 aliphatic carbocycles. The van der Waals surface area contributed by atoms with Gasteiger partial charge in [-0.15, -0.1) is 0 Å². The van der Waals surface area contributed by atoms with Crippen molar-refractivity contribution in [2.45, 2.75) is 12.1 Å². The Balaban J connectivity index is 2.03. The molecule has 0 radical (unpaired) electrons. The van der Waals surface area contributed by atoms with E-state index in [9.17, 15) is 39.0 Å². The number of amides is 4. The van der Waals surface area contributed by atoms with Crippen molar-refractivity contribution in [1.29, 1.82) is 0 Å². The van der Waals surface area contributed by atoms with Crippen molar-refractivity contribution in [3.05, 3.63) is 24.3 Å². The molecule has 0 aromatic rings. The fourth-order valence-corrected chi connectivity index (χ4v) is 2.37. The van der Waals surface area contributed by atoms with E-state index in [0.717, 1.165) is 24.3 Å². The molecule has 4 amide bonds. The summed E-state index contributed by atoms with van der Waals surface area (Å²) in [5.41, 5.74) is 0. The number of hydrogen-bond acceptors (Lipinski definition) is 7. The number of aliphatic carboxylic acids is 2. The maximum Gasteiger partial charge on any atom is 0.328 e. The highest BCUT2D eigenvalue weighted by Gasteiger charge is 2.38. The fraction of sp³-hybridized carbons (Fsp3) is 0.286. The zero-order chi connectivity index (χ0) is 18.7. The highest BCUT2D eigenvalue weighted by molar-refractivity contribution is 6.15. The van der Waals surface area contributed by atoms with E-state index in [0.29, 0.717) is 9.80 Å². The molecule has 132 valence electrons. The molecule has 0 aromatic carbocycles. The van der Waals surface area contributed by atoms with Crippen molar-refractivity contribution in [3.8, 4) is 0 Å². The van der Waals surface area contributed by atoms with Crippen LogP contribution in [0.25, 0.3) is 0 Å². The molecule has 0 bridgehead atoms. The van der Waals surface area contributed by atoms with Gasteiger partial charge in [-0.1, -0.05) is 0 Å². The predicted octanol–water partition coefficient (Wildman–Crippen LogP) is -2.67. The molecule has 3 N–H and O–H groups in total. The standard InChI is InChI=1S/C14H13N3O8/c18-9-1-2-10(19)16(9)7(13(22)23)5-15-6-8(14(24)25)17-11(20)3-4-12(17)21/h1-4,7-8,15H,5-6H2,(H,22,23)(H,24,25). The molecule has 2 rings (SSSR count). The molecule has 2 aliphatic heterocycles. The lowest BCUT2D eigenvalue weighted by Crippen LogP contribution is -2.54. The third-order valence-corrected chi connectivity index (χ3v) is 3.56. The first-order valence-corrected chi connectivity index (χ1v) is 7.01. The normalized spacial score (nSPS) is 19.0. The number of imide groups is 2. The zero-order valence-corrected chi connectivity index (χ0v) is 12.6. The van der Waals surface area contributed by atoms with Crippen LogP contribution in [0, 0.1) is 0 Å². The van der Waals surface area contributed by atoms with Crippen LogP contribution in [0.4, 0.5) is 0 Å². The van der Waals surface area contributed by atoms with Gasteiger partial charge in [-0.25, -0.2) is 9.59 Å². The van der Waals surface area contributed by atoms with E-state index in [1.165, 1.54) is 0 Å². The Bertz CT molecular complexity index is 630. The smallest absolute Gasteiger partial charge is 0.328 e. The molecule has 25 heavy (non-hydrogen) atoms. The minimum absolute atomic E-state index is 0.456. The van der Waals surface area contributed by atoms with Gasteiger partial charge < -0.3 is 15.5 Å². The molecule has 0 aromatic heterocycles. The maximum absolute atomic E-state index is 11.6. The molecule has 2 heterocycles. The maximum atomic E-state index is 11.6. The molecule has 0 saturated carbocycles. The second-order valence-corrected chi connectivity index (χ2v) is 5.13. The van der Waals surface area contributed by atoms with Gasteiger partial charge in [-0.3, -0.25) is 29.0 Å². The Morgan fingerprint density at radius 1 is 0.760 bits per heavy atom. The van der Waals surface area contributed by atoms with Gasteiger partial charge in [-0.2, -0.15) is 0 Å². The van der Waals surface area contributed by atoms with Crippen LogP contribution in [0.5, 0.6) is 0 Å². The van der Waals surface area contributed by atoms with E-state index in [4.69, 9.17) is 0 Å². The van der Waals surface area contributed by atoms with Gasteiger partial charge in [0.25, 0.3) is 23.6 Å². The van der Waals surface area contributed by atoms with E-state index in [-0.39, 0.29) is 0 Å². The SMILES string of the molecule is O=C(O)C(CNCC(C(=O)O)N1C(=O)C=CC1=O)N1C(=O)C=CC1=O. The van der Waals surface area contributed by atoms with E-state index >= 15 is 0 Å². The quantitative estimate of drug-likeness (QED) is 0.396. The van der Waals surface area contributed by atoms with Gasteiger partial charge in [0.15, 0.2) is 0 Å². The number of carbonyl (C=O) groups is 6. The monoisotopic (exact) mass is 351 g/mol. The molecular formula is C14H13N3O8. The van der Waals surface area contributed by atoms with Crippen molar-refractivity contribution >= 4 is 35.6 Å². The largest absolute Gasteiger partial charge is 0.480 e. The van der Waals surface area contributed by atoms with Crippen LogP contribution in [0.3, 0.4) is 0 Å². The molecule has 0 saturated heterocycles.